The molecular formula is C10H13ClN2O4S. The predicted octanol–water partition coefficient (Wildman–Crippen LogP) is 1.23. The molecule has 0 atom stereocenters. The molecule has 0 saturated heterocycles. The molecule has 100 valence electrons. The Morgan fingerprint density at radius 3 is 2.72 bits per heavy atom. The average Bonchev–Trinajstić information content (AvgIpc) is 2.22. The number of rotatable bonds is 5. The SMILES string of the molecule is CCOC(=O)CS(=O)(=O)Nc1ccc(N)c(Cl)c1. The lowest BCUT2D eigenvalue weighted by atomic mass is 10.3. The first-order valence-electron chi connectivity index (χ1n) is 5.05. The van der Waals surface area contributed by atoms with Gasteiger partial charge in [0.15, 0.2) is 5.75 Å². The Morgan fingerprint density at radius 1 is 1.50 bits per heavy atom. The second-order valence-corrected chi connectivity index (χ2v) is 5.53. The van der Waals surface area contributed by atoms with Gasteiger partial charge in [-0.05, 0) is 25.1 Å². The van der Waals surface area contributed by atoms with Crippen LogP contribution in [0.1, 0.15) is 6.92 Å². The summed E-state index contributed by atoms with van der Waals surface area (Å²) in [5, 5.41) is 0.228. The standard InChI is InChI=1S/C10H13ClN2O4S/c1-2-17-10(14)6-18(15,16)13-7-3-4-9(12)8(11)5-7/h3-5,13H,2,6,12H2,1H3. The van der Waals surface area contributed by atoms with Gasteiger partial charge in [0.1, 0.15) is 0 Å². The van der Waals surface area contributed by atoms with Gasteiger partial charge in [0.2, 0.25) is 10.0 Å². The van der Waals surface area contributed by atoms with Gasteiger partial charge in [-0.2, -0.15) is 0 Å². The van der Waals surface area contributed by atoms with Crippen LogP contribution in [-0.4, -0.2) is 26.7 Å². The number of anilines is 2. The van der Waals surface area contributed by atoms with Gasteiger partial charge in [-0.25, -0.2) is 8.42 Å². The van der Waals surface area contributed by atoms with E-state index in [0.717, 1.165) is 0 Å². The van der Waals surface area contributed by atoms with Gasteiger partial charge >= 0.3 is 5.97 Å². The summed E-state index contributed by atoms with van der Waals surface area (Å²) in [7, 11) is -3.81. The van der Waals surface area contributed by atoms with E-state index in [1.807, 2.05) is 0 Å². The Hall–Kier alpha value is -1.47. The molecule has 18 heavy (non-hydrogen) atoms. The number of nitrogen functional groups attached to an aromatic ring is 1. The molecular weight excluding hydrogens is 280 g/mol. The molecule has 8 heteroatoms. The van der Waals surface area contributed by atoms with Gasteiger partial charge in [-0.3, -0.25) is 9.52 Å². The number of nitrogens with two attached hydrogens (primary N) is 1. The normalized spacial score (nSPS) is 11.0. The van der Waals surface area contributed by atoms with E-state index in [1.165, 1.54) is 18.2 Å². The maximum Gasteiger partial charge on any atom is 0.323 e. The fourth-order valence-corrected chi connectivity index (χ4v) is 2.30. The van der Waals surface area contributed by atoms with E-state index in [-0.39, 0.29) is 17.3 Å². The molecule has 0 amide bonds. The molecule has 1 aromatic rings. The molecule has 0 aliphatic heterocycles. The summed E-state index contributed by atoms with van der Waals surface area (Å²) < 4.78 is 30.0. The maximum absolute atomic E-state index is 11.6. The molecule has 0 aliphatic rings. The average molecular weight is 293 g/mol. The quantitative estimate of drug-likeness (QED) is 0.628. The van der Waals surface area contributed by atoms with Gasteiger partial charge in [0.25, 0.3) is 0 Å². The molecule has 0 saturated carbocycles. The number of esters is 1. The molecule has 0 radical (unpaired) electrons. The monoisotopic (exact) mass is 292 g/mol. The zero-order valence-corrected chi connectivity index (χ0v) is 11.2. The summed E-state index contributed by atoms with van der Waals surface area (Å²) in [5.41, 5.74) is 6.06. The number of carbonyl (C=O) groups is 1. The van der Waals surface area contributed by atoms with Crippen molar-refractivity contribution in [1.82, 2.24) is 0 Å². The Morgan fingerprint density at radius 2 is 2.17 bits per heavy atom. The lowest BCUT2D eigenvalue weighted by Gasteiger charge is -2.08. The van der Waals surface area contributed by atoms with Gasteiger partial charge in [-0.1, -0.05) is 11.6 Å². The van der Waals surface area contributed by atoms with Crippen LogP contribution in [0.15, 0.2) is 18.2 Å². The number of halogens is 1. The minimum absolute atomic E-state index is 0.127. The maximum atomic E-state index is 11.6. The lowest BCUT2D eigenvalue weighted by molar-refractivity contribution is -0.139. The molecule has 1 aromatic carbocycles. The first-order valence-corrected chi connectivity index (χ1v) is 7.08. The fourth-order valence-electron chi connectivity index (χ4n) is 1.16. The van der Waals surface area contributed by atoms with E-state index in [1.54, 1.807) is 6.92 Å². The van der Waals surface area contributed by atoms with Gasteiger partial charge in [0, 0.05) is 0 Å². The highest BCUT2D eigenvalue weighted by atomic mass is 35.5. The van der Waals surface area contributed by atoms with Crippen molar-refractivity contribution < 1.29 is 17.9 Å². The molecule has 1 rings (SSSR count). The van der Waals surface area contributed by atoms with Crippen LogP contribution in [-0.2, 0) is 19.6 Å². The third-order valence-electron chi connectivity index (χ3n) is 1.89. The van der Waals surface area contributed by atoms with Crippen molar-refractivity contribution in [3.63, 3.8) is 0 Å². The smallest absolute Gasteiger partial charge is 0.323 e. The molecule has 3 N–H and O–H groups in total. The number of hydrogen-bond acceptors (Lipinski definition) is 5. The molecule has 0 heterocycles. The van der Waals surface area contributed by atoms with Gasteiger partial charge < -0.3 is 10.5 Å². The highest BCUT2D eigenvalue weighted by Gasteiger charge is 2.17. The van der Waals surface area contributed by atoms with E-state index in [2.05, 4.69) is 9.46 Å². The Balaban J connectivity index is 2.76. The van der Waals surface area contributed by atoms with Crippen molar-refractivity contribution in [2.75, 3.05) is 22.8 Å². The van der Waals surface area contributed by atoms with Crippen LogP contribution in [0.3, 0.4) is 0 Å². The number of sulfonamides is 1. The fraction of sp³-hybridized carbons (Fsp3) is 0.300. The molecule has 0 fully saturated rings. The molecule has 0 bridgehead atoms. The molecule has 0 spiro atoms. The summed E-state index contributed by atoms with van der Waals surface area (Å²) >= 11 is 5.75. The van der Waals surface area contributed by atoms with Crippen LogP contribution in [0.2, 0.25) is 5.02 Å². The van der Waals surface area contributed by atoms with Gasteiger partial charge in [0.05, 0.1) is 23.0 Å². The van der Waals surface area contributed by atoms with Crippen molar-refractivity contribution >= 4 is 39.0 Å². The van der Waals surface area contributed by atoms with Crippen molar-refractivity contribution in [2.45, 2.75) is 6.92 Å². The number of hydrogen-bond donors (Lipinski definition) is 2. The Kier molecular flexibility index (Phi) is 4.80. The van der Waals surface area contributed by atoms with Crippen LogP contribution in [0.4, 0.5) is 11.4 Å². The van der Waals surface area contributed by atoms with Crippen molar-refractivity contribution in [3.05, 3.63) is 23.2 Å². The second-order valence-electron chi connectivity index (χ2n) is 3.40. The Bertz CT molecular complexity index is 545. The topological polar surface area (TPSA) is 98.5 Å². The molecule has 0 aliphatic carbocycles. The largest absolute Gasteiger partial charge is 0.465 e. The molecule has 0 unspecified atom stereocenters. The molecule has 0 aromatic heterocycles. The summed E-state index contributed by atoms with van der Waals surface area (Å²) in [4.78, 5) is 11.1. The van der Waals surface area contributed by atoms with E-state index in [9.17, 15) is 13.2 Å². The highest BCUT2D eigenvalue weighted by molar-refractivity contribution is 7.93. The van der Waals surface area contributed by atoms with Crippen LogP contribution in [0.25, 0.3) is 0 Å². The van der Waals surface area contributed by atoms with Crippen LogP contribution < -0.4 is 10.5 Å². The minimum Gasteiger partial charge on any atom is -0.465 e. The number of nitrogens with one attached hydrogen (secondary N) is 1. The number of ether oxygens (including phenoxy) is 1. The summed E-state index contributed by atoms with van der Waals surface area (Å²) in [5.74, 6) is -1.56. The zero-order valence-electron chi connectivity index (χ0n) is 9.64. The first kappa shape index (κ1) is 14.6. The third-order valence-corrected chi connectivity index (χ3v) is 3.38. The van der Waals surface area contributed by atoms with E-state index >= 15 is 0 Å². The van der Waals surface area contributed by atoms with E-state index in [4.69, 9.17) is 17.3 Å². The second kappa shape index (κ2) is 5.92. The Labute approximate surface area is 110 Å². The predicted molar refractivity (Wildman–Crippen MR) is 69.9 cm³/mol. The van der Waals surface area contributed by atoms with Crippen LogP contribution in [0, 0.1) is 0 Å². The van der Waals surface area contributed by atoms with Crippen molar-refractivity contribution in [3.8, 4) is 0 Å². The lowest BCUT2D eigenvalue weighted by Crippen LogP contribution is -2.24. The van der Waals surface area contributed by atoms with Gasteiger partial charge in [-0.15, -0.1) is 0 Å². The summed E-state index contributed by atoms with van der Waals surface area (Å²) in [6, 6.07) is 4.27. The van der Waals surface area contributed by atoms with Crippen molar-refractivity contribution in [1.29, 1.82) is 0 Å². The summed E-state index contributed by atoms with van der Waals surface area (Å²) in [6.07, 6.45) is 0. The zero-order chi connectivity index (χ0) is 13.8. The van der Waals surface area contributed by atoms with E-state index in [0.29, 0.717) is 5.69 Å². The molecule has 6 nitrogen and oxygen atoms in total. The van der Waals surface area contributed by atoms with Crippen LogP contribution >= 0.6 is 11.6 Å². The minimum atomic E-state index is -3.81. The third kappa shape index (κ3) is 4.42. The number of carbonyl (C=O) groups excluding carboxylic acids is 1. The first-order chi connectivity index (χ1) is 8.34. The summed E-state index contributed by atoms with van der Waals surface area (Å²) in [6.45, 7) is 1.72. The van der Waals surface area contributed by atoms with Crippen LogP contribution in [0.5, 0.6) is 0 Å². The number of benzene rings is 1. The highest BCUT2D eigenvalue weighted by Crippen LogP contribution is 2.23. The van der Waals surface area contributed by atoms with Crippen molar-refractivity contribution in [2.24, 2.45) is 0 Å². The van der Waals surface area contributed by atoms with E-state index < -0.39 is 21.7 Å².